The molecule has 0 saturated carbocycles. The van der Waals surface area contributed by atoms with Crippen LogP contribution in [0.5, 0.6) is 0 Å². The highest BCUT2D eigenvalue weighted by Gasteiger charge is 2.27. The molecule has 1 aromatic heterocycles. The highest BCUT2D eigenvalue weighted by atomic mass is 31.0. The number of amides is 2. The molecule has 7 heteroatoms. The van der Waals surface area contributed by atoms with Crippen molar-refractivity contribution in [3.8, 4) is 0 Å². The van der Waals surface area contributed by atoms with E-state index < -0.39 is 5.91 Å². The molecule has 1 aliphatic heterocycles. The molecule has 1 unspecified atom stereocenters. The molecule has 0 fully saturated rings. The summed E-state index contributed by atoms with van der Waals surface area (Å²) < 4.78 is 1.27. The van der Waals surface area contributed by atoms with E-state index in [1.54, 1.807) is 0 Å². The Hall–Kier alpha value is -1.29. The number of imide groups is 1. The normalized spacial score (nSPS) is 15.8. The van der Waals surface area contributed by atoms with Crippen LogP contribution in [0.2, 0.25) is 0 Å². The van der Waals surface area contributed by atoms with Crippen molar-refractivity contribution in [2.75, 3.05) is 0 Å². The lowest BCUT2D eigenvalue weighted by Gasteiger charge is -2.09. The summed E-state index contributed by atoms with van der Waals surface area (Å²) >= 11 is 0. The van der Waals surface area contributed by atoms with Gasteiger partial charge in [0, 0.05) is 0 Å². The van der Waals surface area contributed by atoms with Crippen LogP contribution < -0.4 is 5.32 Å². The number of hydrogen-bond donors (Lipinski definition) is 1. The fourth-order valence-electron chi connectivity index (χ4n) is 1.06. The lowest BCUT2D eigenvalue weighted by atomic mass is 10.2. The van der Waals surface area contributed by atoms with Crippen LogP contribution in [-0.4, -0.2) is 26.6 Å². The van der Waals surface area contributed by atoms with Gasteiger partial charge in [0.05, 0.1) is 6.42 Å². The van der Waals surface area contributed by atoms with Crippen molar-refractivity contribution in [3.05, 3.63) is 11.4 Å². The summed E-state index contributed by atoms with van der Waals surface area (Å²) in [7, 11) is 2.22. The van der Waals surface area contributed by atoms with Crippen LogP contribution in [0.1, 0.15) is 16.2 Å². The summed E-state index contributed by atoms with van der Waals surface area (Å²) in [5.41, 5.74) is 0.762. The number of rotatable bonds is 0. The summed E-state index contributed by atoms with van der Waals surface area (Å²) in [6.45, 7) is 0. The summed E-state index contributed by atoms with van der Waals surface area (Å²) in [5, 5.41) is 9.44. The van der Waals surface area contributed by atoms with E-state index in [-0.39, 0.29) is 12.3 Å². The highest BCUT2D eigenvalue weighted by molar-refractivity contribution is 7.14. The number of aromatic nitrogens is 3. The largest absolute Gasteiger partial charge is 0.291 e. The van der Waals surface area contributed by atoms with Gasteiger partial charge in [0.2, 0.25) is 5.91 Å². The second-order valence-corrected chi connectivity index (χ2v) is 2.87. The van der Waals surface area contributed by atoms with Gasteiger partial charge in [-0.3, -0.25) is 14.9 Å². The maximum absolute atomic E-state index is 11.1. The minimum absolute atomic E-state index is 0.121. The van der Waals surface area contributed by atoms with Crippen molar-refractivity contribution in [1.82, 2.24) is 20.1 Å². The molecular formula is C5H5N4O2P. The molecule has 0 saturated heterocycles. The summed E-state index contributed by atoms with van der Waals surface area (Å²) in [6, 6.07) is 0. The molecule has 2 heterocycles. The lowest BCUT2D eigenvalue weighted by molar-refractivity contribution is -0.119. The minimum atomic E-state index is -0.443. The van der Waals surface area contributed by atoms with Crippen molar-refractivity contribution in [3.63, 3.8) is 0 Å². The number of nitrogens with one attached hydrogen (secondary N) is 1. The number of carbonyl (C=O) groups is 2. The van der Waals surface area contributed by atoms with Crippen molar-refractivity contribution in [2.45, 2.75) is 6.42 Å². The van der Waals surface area contributed by atoms with E-state index in [9.17, 15) is 9.59 Å². The summed E-state index contributed by atoms with van der Waals surface area (Å²) in [6.07, 6.45) is 0.121. The van der Waals surface area contributed by atoms with E-state index in [0.29, 0.717) is 11.4 Å². The average Bonchev–Trinajstić information content (AvgIpc) is 2.31. The maximum atomic E-state index is 11.1. The molecule has 2 rings (SSSR count). The van der Waals surface area contributed by atoms with Gasteiger partial charge in [0.1, 0.15) is 5.69 Å². The molecule has 0 aromatic carbocycles. The van der Waals surface area contributed by atoms with E-state index >= 15 is 0 Å². The third kappa shape index (κ3) is 0.921. The van der Waals surface area contributed by atoms with Crippen LogP contribution in [0, 0.1) is 0 Å². The first-order valence-corrected chi connectivity index (χ1v) is 3.74. The molecule has 0 aliphatic carbocycles. The Morgan fingerprint density at radius 3 is 3.00 bits per heavy atom. The number of fused-ring (bicyclic) bond motifs is 1. The maximum Gasteiger partial charge on any atom is 0.278 e. The summed E-state index contributed by atoms with van der Waals surface area (Å²) in [5.74, 6) is -0.778. The smallest absolute Gasteiger partial charge is 0.278 e. The van der Waals surface area contributed by atoms with Crippen LogP contribution in [0.3, 0.4) is 0 Å². The SMILES string of the molecule is O=C1Cc2nnn(P)c2C(=O)N1. The fourth-order valence-corrected chi connectivity index (χ4v) is 1.38. The molecule has 0 radical (unpaired) electrons. The molecule has 1 aromatic rings. The van der Waals surface area contributed by atoms with Crippen LogP contribution >= 0.6 is 9.39 Å². The number of nitrogens with zero attached hydrogens (tertiary/aromatic N) is 3. The third-order valence-corrected chi connectivity index (χ3v) is 1.92. The van der Waals surface area contributed by atoms with Gasteiger partial charge >= 0.3 is 0 Å². The predicted octanol–water partition coefficient (Wildman–Crippen LogP) is -1.27. The van der Waals surface area contributed by atoms with Gasteiger partial charge in [0.15, 0.2) is 5.69 Å². The third-order valence-electron chi connectivity index (χ3n) is 1.56. The van der Waals surface area contributed by atoms with E-state index in [0.717, 1.165) is 0 Å². The second-order valence-electron chi connectivity index (χ2n) is 2.38. The van der Waals surface area contributed by atoms with Crippen LogP contribution in [-0.2, 0) is 11.2 Å². The van der Waals surface area contributed by atoms with E-state index in [1.807, 2.05) is 0 Å². The molecule has 0 bridgehead atoms. The van der Waals surface area contributed by atoms with Crippen LogP contribution in [0.15, 0.2) is 0 Å². The Kier molecular flexibility index (Phi) is 1.44. The zero-order chi connectivity index (χ0) is 8.72. The Bertz CT molecular complexity index is 372. The first-order chi connectivity index (χ1) is 5.68. The average molecular weight is 184 g/mol. The second kappa shape index (κ2) is 2.35. The molecule has 1 N–H and O–H groups in total. The Morgan fingerprint density at radius 1 is 1.50 bits per heavy atom. The van der Waals surface area contributed by atoms with Crippen LogP contribution in [0.4, 0.5) is 0 Å². The van der Waals surface area contributed by atoms with Crippen LogP contribution in [0.25, 0.3) is 0 Å². The Balaban J connectivity index is 2.57. The molecule has 6 nitrogen and oxygen atoms in total. The predicted molar refractivity (Wildman–Crippen MR) is 41.3 cm³/mol. The van der Waals surface area contributed by atoms with Gasteiger partial charge in [-0.05, 0) is 9.39 Å². The minimum Gasteiger partial charge on any atom is -0.291 e. The van der Waals surface area contributed by atoms with E-state index in [1.165, 1.54) is 4.45 Å². The Morgan fingerprint density at radius 2 is 2.25 bits per heavy atom. The van der Waals surface area contributed by atoms with Gasteiger partial charge in [-0.15, -0.1) is 5.10 Å². The first kappa shape index (κ1) is 7.36. The van der Waals surface area contributed by atoms with Gasteiger partial charge in [0.25, 0.3) is 5.91 Å². The quantitative estimate of drug-likeness (QED) is 0.402. The molecular weight excluding hydrogens is 179 g/mol. The van der Waals surface area contributed by atoms with E-state index in [2.05, 4.69) is 25.0 Å². The molecule has 12 heavy (non-hydrogen) atoms. The summed E-state index contributed by atoms with van der Waals surface area (Å²) in [4.78, 5) is 22.0. The Labute approximate surface area is 69.6 Å². The highest BCUT2D eigenvalue weighted by Crippen LogP contribution is 2.12. The number of hydrogen-bond acceptors (Lipinski definition) is 4. The zero-order valence-corrected chi connectivity index (χ0v) is 7.10. The molecule has 2 amide bonds. The fraction of sp³-hybridized carbons (Fsp3) is 0.200. The van der Waals surface area contributed by atoms with Crippen molar-refractivity contribution < 1.29 is 9.59 Å². The topological polar surface area (TPSA) is 76.9 Å². The first-order valence-electron chi connectivity index (χ1n) is 3.22. The molecule has 1 atom stereocenters. The van der Waals surface area contributed by atoms with Crippen molar-refractivity contribution >= 4 is 21.2 Å². The van der Waals surface area contributed by atoms with Crippen molar-refractivity contribution in [2.24, 2.45) is 0 Å². The van der Waals surface area contributed by atoms with E-state index in [4.69, 9.17) is 0 Å². The molecule has 0 spiro atoms. The van der Waals surface area contributed by atoms with Gasteiger partial charge in [-0.2, -0.15) is 0 Å². The van der Waals surface area contributed by atoms with Gasteiger partial charge in [-0.1, -0.05) is 5.21 Å². The van der Waals surface area contributed by atoms with Crippen molar-refractivity contribution in [1.29, 1.82) is 0 Å². The lowest BCUT2D eigenvalue weighted by Crippen LogP contribution is -2.37. The number of carbonyl (C=O) groups excluding carboxylic acids is 2. The van der Waals surface area contributed by atoms with Gasteiger partial charge in [-0.25, -0.2) is 4.45 Å². The monoisotopic (exact) mass is 184 g/mol. The molecule has 1 aliphatic rings. The molecule has 62 valence electrons. The zero-order valence-electron chi connectivity index (χ0n) is 5.94. The standard InChI is InChI=1S/C5H5N4O2P/c10-3-1-2-4(5(11)6-3)9(12)8-7-2/h1,12H2,(H,6,10,11). The van der Waals surface area contributed by atoms with Gasteiger partial charge < -0.3 is 0 Å².